The Hall–Kier alpha value is -2.99. The molecule has 1 fully saturated rings. The Balaban J connectivity index is 1.42. The molecule has 26 heavy (non-hydrogen) atoms. The van der Waals surface area contributed by atoms with Gasteiger partial charge in [-0.15, -0.1) is 0 Å². The van der Waals surface area contributed by atoms with E-state index in [1.807, 2.05) is 36.4 Å². The second-order valence-corrected chi connectivity index (χ2v) is 6.60. The van der Waals surface area contributed by atoms with Crippen LogP contribution < -0.4 is 10.6 Å². The molecule has 0 aliphatic carbocycles. The van der Waals surface area contributed by atoms with Gasteiger partial charge < -0.3 is 10.6 Å². The van der Waals surface area contributed by atoms with Crippen LogP contribution in [0.2, 0.25) is 0 Å². The molecule has 6 nitrogen and oxygen atoms in total. The first-order valence-electron chi connectivity index (χ1n) is 8.84. The number of amides is 1. The van der Waals surface area contributed by atoms with E-state index in [9.17, 15) is 4.79 Å². The molecule has 0 spiro atoms. The van der Waals surface area contributed by atoms with Crippen LogP contribution in [0, 0.1) is 5.92 Å². The molecular formula is C20H21N5O. The van der Waals surface area contributed by atoms with Gasteiger partial charge in [0.1, 0.15) is 12.7 Å². The molecule has 132 valence electrons. The number of aromatic nitrogens is 3. The van der Waals surface area contributed by atoms with Crippen molar-refractivity contribution in [1.29, 1.82) is 0 Å². The Labute approximate surface area is 152 Å². The van der Waals surface area contributed by atoms with Crippen LogP contribution in [0.1, 0.15) is 22.3 Å². The summed E-state index contributed by atoms with van der Waals surface area (Å²) >= 11 is 0. The Morgan fingerprint density at radius 1 is 1.23 bits per heavy atom. The molecule has 0 saturated carbocycles. The van der Waals surface area contributed by atoms with E-state index in [1.165, 1.54) is 18.3 Å². The lowest BCUT2D eigenvalue weighted by molar-refractivity contribution is 0.102. The number of carbonyl (C=O) groups is 1. The zero-order valence-corrected chi connectivity index (χ0v) is 14.4. The summed E-state index contributed by atoms with van der Waals surface area (Å²) in [6.07, 6.45) is 5.40. The normalized spacial score (nSPS) is 16.5. The topological polar surface area (TPSA) is 71.8 Å². The highest BCUT2D eigenvalue weighted by atomic mass is 16.1. The van der Waals surface area contributed by atoms with Crippen molar-refractivity contribution in [2.24, 2.45) is 5.92 Å². The van der Waals surface area contributed by atoms with E-state index in [2.05, 4.69) is 32.8 Å². The quantitative estimate of drug-likeness (QED) is 0.744. The molecule has 6 heteroatoms. The van der Waals surface area contributed by atoms with Crippen LogP contribution in [0.4, 0.5) is 5.69 Å². The molecule has 0 radical (unpaired) electrons. The molecule has 1 aliphatic heterocycles. The fourth-order valence-electron chi connectivity index (χ4n) is 3.29. The van der Waals surface area contributed by atoms with Gasteiger partial charge in [-0.1, -0.05) is 18.2 Å². The smallest absolute Gasteiger partial charge is 0.255 e. The van der Waals surface area contributed by atoms with Crippen LogP contribution in [0.5, 0.6) is 0 Å². The summed E-state index contributed by atoms with van der Waals surface area (Å²) in [4.78, 5) is 16.5. The number of hydrogen-bond acceptors (Lipinski definition) is 4. The zero-order chi connectivity index (χ0) is 17.8. The van der Waals surface area contributed by atoms with Gasteiger partial charge in [0.05, 0.1) is 5.69 Å². The fraction of sp³-hybridized carbons (Fsp3) is 0.250. The molecule has 1 unspecified atom stereocenters. The predicted molar refractivity (Wildman–Crippen MR) is 100 cm³/mol. The summed E-state index contributed by atoms with van der Waals surface area (Å²) in [6.45, 7) is 2.20. The van der Waals surface area contributed by atoms with Gasteiger partial charge in [0, 0.05) is 11.3 Å². The lowest BCUT2D eigenvalue weighted by atomic mass is 9.98. The van der Waals surface area contributed by atoms with Gasteiger partial charge in [0.15, 0.2) is 0 Å². The second-order valence-electron chi connectivity index (χ2n) is 6.60. The van der Waals surface area contributed by atoms with Gasteiger partial charge in [-0.05, 0) is 67.7 Å². The number of rotatable bonds is 5. The molecule has 1 aromatic heterocycles. The van der Waals surface area contributed by atoms with Crippen LogP contribution in [0.25, 0.3) is 5.69 Å². The minimum atomic E-state index is -0.116. The Morgan fingerprint density at radius 3 is 2.85 bits per heavy atom. The summed E-state index contributed by atoms with van der Waals surface area (Å²) < 4.78 is 1.66. The van der Waals surface area contributed by atoms with E-state index in [0.29, 0.717) is 11.5 Å². The van der Waals surface area contributed by atoms with Gasteiger partial charge >= 0.3 is 0 Å². The number of nitrogens with one attached hydrogen (secondary N) is 2. The van der Waals surface area contributed by atoms with E-state index in [0.717, 1.165) is 30.9 Å². The van der Waals surface area contributed by atoms with Crippen molar-refractivity contribution in [3.8, 4) is 5.69 Å². The summed E-state index contributed by atoms with van der Waals surface area (Å²) in [5, 5.41) is 10.4. The number of hydrogen-bond donors (Lipinski definition) is 2. The highest BCUT2D eigenvalue weighted by Gasteiger charge is 2.15. The number of benzene rings is 2. The fourth-order valence-corrected chi connectivity index (χ4v) is 3.29. The maximum absolute atomic E-state index is 12.5. The van der Waals surface area contributed by atoms with Gasteiger partial charge in [-0.3, -0.25) is 4.79 Å². The second kappa shape index (κ2) is 7.49. The van der Waals surface area contributed by atoms with Crippen LogP contribution >= 0.6 is 0 Å². The Morgan fingerprint density at radius 2 is 2.12 bits per heavy atom. The third kappa shape index (κ3) is 3.81. The van der Waals surface area contributed by atoms with Gasteiger partial charge in [-0.2, -0.15) is 5.10 Å². The van der Waals surface area contributed by atoms with Crippen LogP contribution in [0.3, 0.4) is 0 Å². The molecule has 2 N–H and O–H groups in total. The maximum atomic E-state index is 12.5. The molecule has 1 saturated heterocycles. The largest absolute Gasteiger partial charge is 0.322 e. The SMILES string of the molecule is O=C(Nc1cccc(-n2cncn2)c1)c1ccc(CC2CCNC2)cc1. The highest BCUT2D eigenvalue weighted by molar-refractivity contribution is 6.04. The number of anilines is 1. The van der Waals surface area contributed by atoms with E-state index < -0.39 is 0 Å². The minimum absolute atomic E-state index is 0.116. The standard InChI is InChI=1S/C20H21N5O/c26-20(17-6-4-15(5-7-17)10-16-8-9-21-12-16)24-18-2-1-3-19(11-18)25-14-22-13-23-25/h1-7,11,13-14,16,21H,8-10,12H2,(H,24,26). The third-order valence-corrected chi connectivity index (χ3v) is 4.69. The molecule has 0 bridgehead atoms. The summed E-state index contributed by atoms with van der Waals surface area (Å²) in [6, 6.07) is 15.4. The lowest BCUT2D eigenvalue weighted by Gasteiger charge is -2.10. The van der Waals surface area contributed by atoms with Crippen LogP contribution in [-0.2, 0) is 6.42 Å². The third-order valence-electron chi connectivity index (χ3n) is 4.69. The van der Waals surface area contributed by atoms with Gasteiger partial charge in [0.2, 0.25) is 0 Å². The first kappa shape index (κ1) is 16.5. The van der Waals surface area contributed by atoms with E-state index in [4.69, 9.17) is 0 Å². The lowest BCUT2D eigenvalue weighted by Crippen LogP contribution is -2.13. The van der Waals surface area contributed by atoms with Crippen molar-refractivity contribution >= 4 is 11.6 Å². The van der Waals surface area contributed by atoms with Crippen molar-refractivity contribution in [3.05, 3.63) is 72.3 Å². The summed E-state index contributed by atoms with van der Waals surface area (Å²) in [5.41, 5.74) is 3.51. The van der Waals surface area contributed by atoms with E-state index >= 15 is 0 Å². The number of nitrogens with zero attached hydrogens (tertiary/aromatic N) is 3. The van der Waals surface area contributed by atoms with Crippen LogP contribution in [-0.4, -0.2) is 33.8 Å². The average Bonchev–Trinajstić information content (AvgIpc) is 3.37. The Bertz CT molecular complexity index is 867. The van der Waals surface area contributed by atoms with Crippen molar-refractivity contribution in [1.82, 2.24) is 20.1 Å². The first-order valence-corrected chi connectivity index (χ1v) is 8.84. The van der Waals surface area contributed by atoms with Crippen molar-refractivity contribution < 1.29 is 4.79 Å². The molecule has 2 heterocycles. The van der Waals surface area contributed by atoms with Crippen molar-refractivity contribution in [3.63, 3.8) is 0 Å². The minimum Gasteiger partial charge on any atom is -0.322 e. The number of carbonyl (C=O) groups excluding carboxylic acids is 1. The Kier molecular flexibility index (Phi) is 4.75. The molecular weight excluding hydrogens is 326 g/mol. The molecule has 2 aromatic carbocycles. The molecule has 4 rings (SSSR count). The van der Waals surface area contributed by atoms with Gasteiger partial charge in [-0.25, -0.2) is 9.67 Å². The van der Waals surface area contributed by atoms with E-state index in [1.54, 1.807) is 11.0 Å². The predicted octanol–water partition coefficient (Wildman–Crippen LogP) is 2.67. The molecule has 1 amide bonds. The van der Waals surface area contributed by atoms with Crippen molar-refractivity contribution in [2.45, 2.75) is 12.8 Å². The van der Waals surface area contributed by atoms with Crippen molar-refractivity contribution in [2.75, 3.05) is 18.4 Å². The molecule has 1 aliphatic rings. The van der Waals surface area contributed by atoms with E-state index in [-0.39, 0.29) is 5.91 Å². The monoisotopic (exact) mass is 347 g/mol. The zero-order valence-electron chi connectivity index (χ0n) is 14.4. The average molecular weight is 347 g/mol. The maximum Gasteiger partial charge on any atom is 0.255 e. The summed E-state index contributed by atoms with van der Waals surface area (Å²) in [5.74, 6) is 0.587. The highest BCUT2D eigenvalue weighted by Crippen LogP contribution is 2.17. The molecule has 3 aromatic rings. The van der Waals surface area contributed by atoms with Gasteiger partial charge in [0.25, 0.3) is 5.91 Å². The summed E-state index contributed by atoms with van der Waals surface area (Å²) in [7, 11) is 0. The van der Waals surface area contributed by atoms with Crippen LogP contribution in [0.15, 0.2) is 61.2 Å². The molecule has 1 atom stereocenters. The first-order chi connectivity index (χ1) is 12.8.